The van der Waals surface area contributed by atoms with E-state index in [9.17, 15) is 15.0 Å². The Bertz CT molecular complexity index is 1080. The van der Waals surface area contributed by atoms with Crippen LogP contribution in [0.15, 0.2) is 24.4 Å². The van der Waals surface area contributed by atoms with E-state index in [-0.39, 0.29) is 25.2 Å². The Morgan fingerprint density at radius 2 is 2.03 bits per heavy atom. The molecule has 2 saturated heterocycles. The summed E-state index contributed by atoms with van der Waals surface area (Å²) >= 11 is 6.26. The summed E-state index contributed by atoms with van der Waals surface area (Å²) in [6, 6.07) is 5.51. The summed E-state index contributed by atoms with van der Waals surface area (Å²) in [4.78, 5) is 26.8. The molecule has 3 atom stereocenters. The number of aliphatic hydroxyl groups excluding tert-OH is 2. The normalized spacial score (nSPS) is 23.4. The number of carbonyl (C=O) groups is 1. The number of hydrogen-bond donors (Lipinski definition) is 4. The van der Waals surface area contributed by atoms with Gasteiger partial charge < -0.3 is 30.6 Å². The lowest BCUT2D eigenvalue weighted by Gasteiger charge is -2.27. The van der Waals surface area contributed by atoms with Gasteiger partial charge in [-0.05, 0) is 61.4 Å². The van der Waals surface area contributed by atoms with Crippen LogP contribution in [0.2, 0.25) is 5.02 Å². The fraction of sp³-hybridized carbons (Fsp3) is 0.577. The van der Waals surface area contributed by atoms with E-state index in [1.165, 1.54) is 19.3 Å². The Kier molecular flexibility index (Phi) is 7.90. The van der Waals surface area contributed by atoms with Gasteiger partial charge in [-0.2, -0.15) is 4.98 Å². The second-order valence-electron chi connectivity index (χ2n) is 10.1. The Morgan fingerprint density at radius 1 is 1.19 bits per heavy atom. The van der Waals surface area contributed by atoms with Crippen LogP contribution in [0.4, 0.5) is 11.8 Å². The summed E-state index contributed by atoms with van der Waals surface area (Å²) in [5.41, 5.74) is 1.96. The summed E-state index contributed by atoms with van der Waals surface area (Å²) in [6.07, 6.45) is 6.45. The molecule has 0 bridgehead atoms. The molecule has 1 aromatic carbocycles. The molecule has 3 heterocycles. The van der Waals surface area contributed by atoms with Gasteiger partial charge >= 0.3 is 0 Å². The summed E-state index contributed by atoms with van der Waals surface area (Å²) in [5, 5.41) is 26.1. The number of amides is 1. The molecule has 0 spiro atoms. The number of rotatable bonds is 10. The number of anilines is 2. The molecule has 2 aromatic rings. The zero-order valence-corrected chi connectivity index (χ0v) is 21.3. The van der Waals surface area contributed by atoms with Crippen molar-refractivity contribution in [3.8, 4) is 0 Å². The number of aliphatic hydroxyl groups is 2. The van der Waals surface area contributed by atoms with Gasteiger partial charge in [-0.15, -0.1) is 0 Å². The molecule has 1 saturated carbocycles. The Balaban J connectivity index is 1.31. The third-order valence-electron chi connectivity index (χ3n) is 7.68. The average molecular weight is 515 g/mol. The number of aromatic nitrogens is 2. The van der Waals surface area contributed by atoms with Gasteiger partial charge in [-0.3, -0.25) is 4.79 Å². The van der Waals surface area contributed by atoms with Crippen molar-refractivity contribution in [2.75, 3.05) is 49.5 Å². The zero-order valence-electron chi connectivity index (χ0n) is 20.5. The first-order valence-corrected chi connectivity index (χ1v) is 13.3. The van der Waals surface area contributed by atoms with Crippen molar-refractivity contribution in [3.05, 3.63) is 46.1 Å². The highest BCUT2D eigenvalue weighted by Crippen LogP contribution is 2.50. The molecule has 3 unspecified atom stereocenters. The summed E-state index contributed by atoms with van der Waals surface area (Å²) < 4.78 is 0. The largest absolute Gasteiger partial charge is 0.394 e. The third kappa shape index (κ3) is 5.59. The number of likely N-dealkylation sites (tertiary alicyclic amines) is 1. The van der Waals surface area contributed by atoms with E-state index < -0.39 is 0 Å². The van der Waals surface area contributed by atoms with Crippen LogP contribution >= 0.6 is 11.6 Å². The van der Waals surface area contributed by atoms with E-state index in [4.69, 9.17) is 16.6 Å². The Hall–Kier alpha value is -2.46. The fourth-order valence-corrected chi connectivity index (χ4v) is 5.73. The molecule has 1 aromatic heterocycles. The molecule has 36 heavy (non-hydrogen) atoms. The number of piperidine rings is 2. The monoisotopic (exact) mass is 514 g/mol. The standard InChI is InChI=1S/C26H35ClN6O3/c27-22-10-17(4-5-18(22)15-34)12-29-24-21(25(36)28-6-9-32-7-2-1-3-8-32)13-30-26(31-24)33-14-19-11-20(19)23(33)16-35/h4-5,10,13,19-20,23,34-35H,1-3,6-9,11-12,14-16H2,(H,28,36)(H,29,30,31). The molecule has 194 valence electrons. The van der Waals surface area contributed by atoms with Gasteiger partial charge in [0.05, 0.1) is 19.3 Å². The summed E-state index contributed by atoms with van der Waals surface area (Å²) in [6.45, 7) is 4.76. The molecule has 0 radical (unpaired) electrons. The minimum absolute atomic E-state index is 0.0249. The Morgan fingerprint density at radius 3 is 2.78 bits per heavy atom. The van der Waals surface area contributed by atoms with Crippen LogP contribution in [0.5, 0.6) is 0 Å². The zero-order chi connectivity index (χ0) is 25.1. The number of benzene rings is 1. The lowest BCUT2D eigenvalue weighted by atomic mass is 10.1. The molecule has 4 N–H and O–H groups in total. The first-order chi connectivity index (χ1) is 17.6. The second kappa shape index (κ2) is 11.3. The van der Waals surface area contributed by atoms with Gasteiger partial charge in [-0.25, -0.2) is 4.98 Å². The van der Waals surface area contributed by atoms with E-state index in [0.717, 1.165) is 38.2 Å². The van der Waals surface area contributed by atoms with Crippen molar-refractivity contribution in [1.82, 2.24) is 20.2 Å². The maximum atomic E-state index is 13.1. The van der Waals surface area contributed by atoms with Crippen LogP contribution in [-0.2, 0) is 13.2 Å². The highest BCUT2D eigenvalue weighted by atomic mass is 35.5. The summed E-state index contributed by atoms with van der Waals surface area (Å²) in [7, 11) is 0. The number of halogens is 1. The quantitative estimate of drug-likeness (QED) is 0.382. The maximum absolute atomic E-state index is 13.1. The highest BCUT2D eigenvalue weighted by Gasteiger charge is 2.53. The van der Waals surface area contributed by atoms with E-state index in [1.807, 2.05) is 6.07 Å². The molecule has 3 aliphatic rings. The van der Waals surface area contributed by atoms with Crippen LogP contribution in [0.25, 0.3) is 0 Å². The molecule has 3 fully saturated rings. The number of fused-ring (bicyclic) bond motifs is 1. The molecule has 9 nitrogen and oxygen atoms in total. The van der Waals surface area contributed by atoms with Crippen LogP contribution in [0.1, 0.15) is 47.2 Å². The van der Waals surface area contributed by atoms with Crippen molar-refractivity contribution >= 4 is 29.3 Å². The fourth-order valence-electron chi connectivity index (χ4n) is 5.47. The van der Waals surface area contributed by atoms with Crippen molar-refractivity contribution in [3.63, 3.8) is 0 Å². The minimum atomic E-state index is -0.210. The van der Waals surface area contributed by atoms with Gasteiger partial charge in [-0.1, -0.05) is 30.2 Å². The first-order valence-electron chi connectivity index (χ1n) is 12.9. The van der Waals surface area contributed by atoms with Gasteiger partial charge in [0.15, 0.2) is 0 Å². The third-order valence-corrected chi connectivity index (χ3v) is 8.03. The van der Waals surface area contributed by atoms with E-state index in [2.05, 4.69) is 25.4 Å². The number of nitrogens with one attached hydrogen (secondary N) is 2. The van der Waals surface area contributed by atoms with Crippen LogP contribution in [-0.4, -0.2) is 76.4 Å². The number of nitrogens with zero attached hydrogens (tertiary/aromatic N) is 4. The number of hydrogen-bond acceptors (Lipinski definition) is 8. The van der Waals surface area contributed by atoms with Crippen LogP contribution in [0.3, 0.4) is 0 Å². The van der Waals surface area contributed by atoms with Gasteiger partial charge in [0.2, 0.25) is 5.95 Å². The van der Waals surface area contributed by atoms with Crippen LogP contribution in [0, 0.1) is 11.8 Å². The molecular formula is C26H35ClN6O3. The van der Waals surface area contributed by atoms with Crippen molar-refractivity contribution in [2.45, 2.75) is 44.9 Å². The second-order valence-corrected chi connectivity index (χ2v) is 10.5. The predicted molar refractivity (Wildman–Crippen MR) is 139 cm³/mol. The SMILES string of the molecule is O=C(NCCN1CCCCC1)c1cnc(N2CC3CC3C2CO)nc1NCc1ccc(CO)c(Cl)c1. The van der Waals surface area contributed by atoms with E-state index >= 15 is 0 Å². The van der Waals surface area contributed by atoms with Crippen molar-refractivity contribution < 1.29 is 15.0 Å². The van der Waals surface area contributed by atoms with Gasteiger partial charge in [0, 0.05) is 37.4 Å². The minimum Gasteiger partial charge on any atom is -0.394 e. The summed E-state index contributed by atoms with van der Waals surface area (Å²) in [5.74, 6) is 1.86. The topological polar surface area (TPSA) is 114 Å². The Labute approximate surface area is 216 Å². The smallest absolute Gasteiger partial charge is 0.256 e. The van der Waals surface area contributed by atoms with Gasteiger partial charge in [0.25, 0.3) is 5.91 Å². The molecule has 2 aliphatic heterocycles. The van der Waals surface area contributed by atoms with Gasteiger partial charge in [0.1, 0.15) is 11.4 Å². The molecular weight excluding hydrogens is 480 g/mol. The molecule has 5 rings (SSSR count). The molecule has 10 heteroatoms. The highest BCUT2D eigenvalue weighted by molar-refractivity contribution is 6.31. The number of carbonyl (C=O) groups excluding carboxylic acids is 1. The van der Waals surface area contributed by atoms with Crippen molar-refractivity contribution in [2.24, 2.45) is 11.8 Å². The van der Waals surface area contributed by atoms with E-state index in [0.29, 0.717) is 52.8 Å². The van der Waals surface area contributed by atoms with Crippen molar-refractivity contribution in [1.29, 1.82) is 0 Å². The predicted octanol–water partition coefficient (Wildman–Crippen LogP) is 2.27. The first kappa shape index (κ1) is 25.2. The lowest BCUT2D eigenvalue weighted by molar-refractivity contribution is 0.0946. The molecule has 1 amide bonds. The molecule has 1 aliphatic carbocycles. The lowest BCUT2D eigenvalue weighted by Crippen LogP contribution is -2.38. The van der Waals surface area contributed by atoms with Crippen LogP contribution < -0.4 is 15.5 Å². The average Bonchev–Trinajstić information content (AvgIpc) is 3.58. The maximum Gasteiger partial charge on any atom is 0.256 e. The van der Waals surface area contributed by atoms with E-state index in [1.54, 1.807) is 18.3 Å².